The molecule has 0 saturated heterocycles. The van der Waals surface area contributed by atoms with Gasteiger partial charge in [-0.1, -0.05) is 12.1 Å². The number of aryl methyl sites for hydroxylation is 1. The minimum atomic E-state index is 0.550. The number of aromatic nitrogens is 2. The highest BCUT2D eigenvalue weighted by molar-refractivity contribution is 5.67. The predicted octanol–water partition coefficient (Wildman–Crippen LogP) is 2.04. The minimum absolute atomic E-state index is 0.550. The third-order valence-corrected chi connectivity index (χ3v) is 2.96. The molecule has 0 spiro atoms. The van der Waals surface area contributed by atoms with Crippen molar-refractivity contribution in [1.82, 2.24) is 9.55 Å². The third-order valence-electron chi connectivity index (χ3n) is 2.96. The molecule has 0 atom stereocenters. The van der Waals surface area contributed by atoms with Crippen molar-refractivity contribution in [3.05, 3.63) is 30.0 Å². The lowest BCUT2D eigenvalue weighted by Gasteiger charge is -2.13. The van der Waals surface area contributed by atoms with E-state index >= 15 is 0 Å². The van der Waals surface area contributed by atoms with Crippen molar-refractivity contribution in [3.63, 3.8) is 0 Å². The van der Waals surface area contributed by atoms with Crippen LogP contribution in [0.1, 0.15) is 5.69 Å². The lowest BCUT2D eigenvalue weighted by molar-refractivity contribution is 0.937. The molecule has 1 aromatic heterocycles. The zero-order chi connectivity index (χ0) is 12.6. The largest absolute Gasteiger partial charge is 0.378 e. The van der Waals surface area contributed by atoms with E-state index in [1.54, 1.807) is 0 Å². The monoisotopic (exact) mass is 230 g/mol. The summed E-state index contributed by atoms with van der Waals surface area (Å²) < 4.78 is 1.92. The molecule has 17 heavy (non-hydrogen) atoms. The van der Waals surface area contributed by atoms with Crippen LogP contribution in [0.4, 0.5) is 11.6 Å². The molecular weight excluding hydrogens is 212 g/mol. The molecule has 0 radical (unpaired) electrons. The Hall–Kier alpha value is -1.97. The number of nitrogens with two attached hydrogens (primary N) is 1. The van der Waals surface area contributed by atoms with Crippen LogP contribution in [0.15, 0.2) is 24.3 Å². The first-order chi connectivity index (χ1) is 8.00. The Labute approximate surface area is 102 Å². The Morgan fingerprint density at radius 2 is 1.76 bits per heavy atom. The predicted molar refractivity (Wildman–Crippen MR) is 72.1 cm³/mol. The minimum Gasteiger partial charge on any atom is -0.378 e. The van der Waals surface area contributed by atoms with Gasteiger partial charge >= 0.3 is 0 Å². The molecule has 1 aromatic carbocycles. The van der Waals surface area contributed by atoms with E-state index in [-0.39, 0.29) is 0 Å². The molecule has 0 saturated carbocycles. The molecule has 0 fully saturated rings. The Kier molecular flexibility index (Phi) is 2.79. The molecular formula is C13H18N4. The molecule has 2 aromatic rings. The van der Waals surface area contributed by atoms with Gasteiger partial charge in [-0.3, -0.25) is 0 Å². The fourth-order valence-corrected chi connectivity index (χ4v) is 1.98. The van der Waals surface area contributed by atoms with Gasteiger partial charge in [-0.25, -0.2) is 4.98 Å². The van der Waals surface area contributed by atoms with E-state index in [1.165, 1.54) is 5.69 Å². The summed E-state index contributed by atoms with van der Waals surface area (Å²) in [5, 5.41) is 0. The molecule has 90 valence electrons. The lowest BCUT2D eigenvalue weighted by atomic mass is 10.1. The van der Waals surface area contributed by atoms with E-state index in [0.29, 0.717) is 5.95 Å². The van der Waals surface area contributed by atoms with Gasteiger partial charge in [-0.15, -0.1) is 0 Å². The zero-order valence-electron chi connectivity index (χ0n) is 10.7. The van der Waals surface area contributed by atoms with Crippen LogP contribution in [0, 0.1) is 6.92 Å². The van der Waals surface area contributed by atoms with Crippen LogP contribution in [0.2, 0.25) is 0 Å². The quantitative estimate of drug-likeness (QED) is 0.858. The number of anilines is 2. The summed E-state index contributed by atoms with van der Waals surface area (Å²) >= 11 is 0. The molecule has 0 amide bonds. The molecule has 0 bridgehead atoms. The average Bonchev–Trinajstić information content (AvgIpc) is 2.53. The van der Waals surface area contributed by atoms with Gasteiger partial charge in [0.15, 0.2) is 0 Å². The number of rotatable bonds is 2. The van der Waals surface area contributed by atoms with Gasteiger partial charge in [-0.2, -0.15) is 0 Å². The number of imidazole rings is 1. The molecule has 4 heteroatoms. The second-order valence-corrected chi connectivity index (χ2v) is 4.40. The summed E-state index contributed by atoms with van der Waals surface area (Å²) in [4.78, 5) is 6.35. The SMILES string of the molecule is Cc1nc(N)n(C)c1-c1ccc(N(C)C)cc1. The Morgan fingerprint density at radius 3 is 2.18 bits per heavy atom. The molecule has 0 aliphatic heterocycles. The smallest absolute Gasteiger partial charge is 0.200 e. The van der Waals surface area contributed by atoms with Gasteiger partial charge < -0.3 is 15.2 Å². The van der Waals surface area contributed by atoms with Crippen molar-refractivity contribution in [3.8, 4) is 11.3 Å². The van der Waals surface area contributed by atoms with E-state index in [9.17, 15) is 0 Å². The van der Waals surface area contributed by atoms with Gasteiger partial charge in [0.2, 0.25) is 5.95 Å². The summed E-state index contributed by atoms with van der Waals surface area (Å²) in [5.74, 6) is 0.550. The van der Waals surface area contributed by atoms with Crippen LogP contribution in [0.3, 0.4) is 0 Å². The maximum absolute atomic E-state index is 5.80. The summed E-state index contributed by atoms with van der Waals surface area (Å²) in [6, 6.07) is 8.38. The van der Waals surface area contributed by atoms with Crippen LogP contribution in [0.5, 0.6) is 0 Å². The highest BCUT2D eigenvalue weighted by atomic mass is 15.1. The fraction of sp³-hybridized carbons (Fsp3) is 0.308. The first kappa shape index (κ1) is 11.5. The number of nitrogens with zero attached hydrogens (tertiary/aromatic N) is 3. The second kappa shape index (κ2) is 4.13. The normalized spacial score (nSPS) is 10.6. The van der Waals surface area contributed by atoms with Gasteiger partial charge in [-0.05, 0) is 19.1 Å². The van der Waals surface area contributed by atoms with Crippen molar-refractivity contribution < 1.29 is 0 Å². The summed E-state index contributed by atoms with van der Waals surface area (Å²) in [6.45, 7) is 1.98. The van der Waals surface area contributed by atoms with E-state index in [2.05, 4.69) is 34.1 Å². The van der Waals surface area contributed by atoms with Crippen molar-refractivity contribution in [1.29, 1.82) is 0 Å². The summed E-state index contributed by atoms with van der Waals surface area (Å²) in [6.07, 6.45) is 0. The third kappa shape index (κ3) is 1.98. The van der Waals surface area contributed by atoms with Gasteiger partial charge in [0.25, 0.3) is 0 Å². The Morgan fingerprint density at radius 1 is 1.18 bits per heavy atom. The number of hydrogen-bond donors (Lipinski definition) is 1. The van der Waals surface area contributed by atoms with E-state index < -0.39 is 0 Å². The van der Waals surface area contributed by atoms with Crippen LogP contribution >= 0.6 is 0 Å². The molecule has 0 unspecified atom stereocenters. The Bertz CT molecular complexity index is 523. The zero-order valence-corrected chi connectivity index (χ0v) is 10.7. The van der Waals surface area contributed by atoms with Gasteiger partial charge in [0.1, 0.15) is 0 Å². The highest BCUT2D eigenvalue weighted by Gasteiger charge is 2.11. The van der Waals surface area contributed by atoms with E-state index in [4.69, 9.17) is 5.73 Å². The maximum atomic E-state index is 5.80. The van der Waals surface area contributed by atoms with Crippen LogP contribution in [-0.2, 0) is 7.05 Å². The topological polar surface area (TPSA) is 47.1 Å². The molecule has 1 heterocycles. The van der Waals surface area contributed by atoms with Crippen molar-refractivity contribution in [2.45, 2.75) is 6.92 Å². The molecule has 0 aliphatic carbocycles. The second-order valence-electron chi connectivity index (χ2n) is 4.40. The first-order valence-electron chi connectivity index (χ1n) is 5.57. The lowest BCUT2D eigenvalue weighted by Crippen LogP contribution is -2.08. The van der Waals surface area contributed by atoms with Crippen molar-refractivity contribution in [2.75, 3.05) is 24.7 Å². The van der Waals surface area contributed by atoms with E-state index in [1.807, 2.05) is 32.6 Å². The summed E-state index contributed by atoms with van der Waals surface area (Å²) in [5.41, 5.74) is 10.2. The van der Waals surface area contributed by atoms with E-state index in [0.717, 1.165) is 17.0 Å². The summed E-state index contributed by atoms with van der Waals surface area (Å²) in [7, 11) is 6.00. The van der Waals surface area contributed by atoms with Gasteiger partial charge in [0.05, 0.1) is 11.4 Å². The number of hydrogen-bond acceptors (Lipinski definition) is 3. The van der Waals surface area contributed by atoms with Crippen LogP contribution < -0.4 is 10.6 Å². The molecule has 2 rings (SSSR count). The van der Waals surface area contributed by atoms with Crippen molar-refractivity contribution in [2.24, 2.45) is 7.05 Å². The Balaban J connectivity index is 2.47. The number of nitrogen functional groups attached to an aromatic ring is 1. The standard InChI is InChI=1S/C13H18N4/c1-9-12(17(4)13(14)15-9)10-5-7-11(8-6-10)16(2)3/h5-8H,1-4H3,(H2,14,15). The molecule has 2 N–H and O–H groups in total. The number of benzene rings is 1. The fourth-order valence-electron chi connectivity index (χ4n) is 1.98. The van der Waals surface area contributed by atoms with Gasteiger partial charge in [0, 0.05) is 32.4 Å². The van der Waals surface area contributed by atoms with Crippen molar-refractivity contribution >= 4 is 11.6 Å². The average molecular weight is 230 g/mol. The highest BCUT2D eigenvalue weighted by Crippen LogP contribution is 2.26. The van der Waals surface area contributed by atoms with Crippen LogP contribution in [0.25, 0.3) is 11.3 Å². The first-order valence-corrected chi connectivity index (χ1v) is 5.57. The molecule has 4 nitrogen and oxygen atoms in total. The maximum Gasteiger partial charge on any atom is 0.200 e. The molecule has 0 aliphatic rings. The van der Waals surface area contributed by atoms with Crippen LogP contribution in [-0.4, -0.2) is 23.6 Å².